The SMILES string of the molecule is Cc1ccc(-c2nc(C[S@](=O)Cc3ccccc3F)co2)cc1. The highest BCUT2D eigenvalue weighted by Crippen LogP contribution is 2.20. The Hall–Kier alpha value is -2.27. The smallest absolute Gasteiger partial charge is 0.226 e. The maximum Gasteiger partial charge on any atom is 0.226 e. The molecule has 1 heterocycles. The molecule has 0 saturated carbocycles. The van der Waals surface area contributed by atoms with Gasteiger partial charge in [-0.05, 0) is 25.1 Å². The van der Waals surface area contributed by atoms with Gasteiger partial charge in [-0.2, -0.15) is 0 Å². The van der Waals surface area contributed by atoms with E-state index in [-0.39, 0.29) is 17.3 Å². The Morgan fingerprint density at radius 1 is 1.09 bits per heavy atom. The van der Waals surface area contributed by atoms with Gasteiger partial charge in [-0.25, -0.2) is 9.37 Å². The van der Waals surface area contributed by atoms with Crippen molar-refractivity contribution in [2.45, 2.75) is 18.4 Å². The predicted molar refractivity (Wildman–Crippen MR) is 88.6 cm³/mol. The summed E-state index contributed by atoms with van der Waals surface area (Å²) in [6.45, 7) is 2.01. The van der Waals surface area contributed by atoms with Crippen molar-refractivity contribution in [1.29, 1.82) is 0 Å². The molecule has 0 saturated heterocycles. The third kappa shape index (κ3) is 3.93. The van der Waals surface area contributed by atoms with E-state index in [0.29, 0.717) is 17.1 Å². The van der Waals surface area contributed by atoms with Gasteiger partial charge in [0.15, 0.2) is 0 Å². The Labute approximate surface area is 136 Å². The molecular formula is C18H16FNO2S. The van der Waals surface area contributed by atoms with E-state index in [1.54, 1.807) is 18.2 Å². The summed E-state index contributed by atoms with van der Waals surface area (Å²) in [6.07, 6.45) is 1.51. The van der Waals surface area contributed by atoms with Gasteiger partial charge in [0.2, 0.25) is 5.89 Å². The summed E-state index contributed by atoms with van der Waals surface area (Å²) in [4.78, 5) is 4.36. The number of hydrogen-bond acceptors (Lipinski definition) is 3. The van der Waals surface area contributed by atoms with Crippen molar-refractivity contribution in [2.24, 2.45) is 0 Å². The summed E-state index contributed by atoms with van der Waals surface area (Å²) in [5.74, 6) is 0.576. The monoisotopic (exact) mass is 329 g/mol. The number of nitrogens with zero attached hydrogens (tertiary/aromatic N) is 1. The topological polar surface area (TPSA) is 43.1 Å². The van der Waals surface area contributed by atoms with Crippen LogP contribution in [0.15, 0.2) is 59.2 Å². The minimum atomic E-state index is -1.24. The second-order valence-electron chi connectivity index (χ2n) is 5.33. The van der Waals surface area contributed by atoms with Gasteiger partial charge in [-0.15, -0.1) is 0 Å². The highest BCUT2D eigenvalue weighted by atomic mass is 32.2. The van der Waals surface area contributed by atoms with Crippen LogP contribution in [-0.4, -0.2) is 9.19 Å². The first-order valence-corrected chi connectivity index (χ1v) is 8.70. The number of aromatic nitrogens is 1. The second-order valence-corrected chi connectivity index (χ2v) is 6.79. The Morgan fingerprint density at radius 2 is 1.83 bits per heavy atom. The van der Waals surface area contributed by atoms with Crippen molar-refractivity contribution in [2.75, 3.05) is 0 Å². The minimum absolute atomic E-state index is 0.166. The lowest BCUT2D eigenvalue weighted by Gasteiger charge is -2.02. The van der Waals surface area contributed by atoms with Crippen LogP contribution in [0.4, 0.5) is 4.39 Å². The van der Waals surface area contributed by atoms with Crippen LogP contribution in [0.25, 0.3) is 11.5 Å². The van der Waals surface area contributed by atoms with Crippen molar-refractivity contribution in [3.8, 4) is 11.5 Å². The molecule has 5 heteroatoms. The molecule has 0 amide bonds. The fraction of sp³-hybridized carbons (Fsp3) is 0.167. The average molecular weight is 329 g/mol. The molecule has 0 aliphatic rings. The number of rotatable bonds is 5. The van der Waals surface area contributed by atoms with E-state index in [1.807, 2.05) is 31.2 Å². The number of aryl methyl sites for hydroxylation is 1. The standard InChI is InChI=1S/C18H16FNO2S/c1-13-6-8-14(9-7-13)18-20-16(10-22-18)12-23(21)11-15-4-2-3-5-17(15)19/h2-10H,11-12H2,1H3/t23-/m1/s1. The Kier molecular flexibility index (Phi) is 4.67. The molecule has 23 heavy (non-hydrogen) atoms. The van der Waals surface area contributed by atoms with Gasteiger partial charge in [-0.3, -0.25) is 4.21 Å². The first-order valence-electron chi connectivity index (χ1n) is 7.21. The normalized spacial score (nSPS) is 12.3. The van der Waals surface area contributed by atoms with Gasteiger partial charge in [0.05, 0.1) is 17.2 Å². The quantitative estimate of drug-likeness (QED) is 0.703. The molecular weight excluding hydrogens is 313 g/mol. The third-order valence-corrected chi connectivity index (χ3v) is 4.68. The third-order valence-electron chi connectivity index (χ3n) is 3.43. The van der Waals surface area contributed by atoms with Gasteiger partial charge < -0.3 is 4.42 Å². The molecule has 0 aliphatic heterocycles. The molecule has 3 nitrogen and oxygen atoms in total. The molecule has 0 radical (unpaired) electrons. The van der Waals surface area contributed by atoms with Crippen LogP contribution >= 0.6 is 0 Å². The first-order chi connectivity index (χ1) is 11.1. The molecule has 1 aromatic heterocycles. The van der Waals surface area contributed by atoms with E-state index in [0.717, 1.165) is 11.1 Å². The minimum Gasteiger partial charge on any atom is -0.444 e. The number of halogens is 1. The molecule has 0 unspecified atom stereocenters. The van der Waals surface area contributed by atoms with Crippen LogP contribution in [0.3, 0.4) is 0 Å². The Bertz CT molecular complexity index is 827. The first kappa shape index (κ1) is 15.6. The Balaban J connectivity index is 1.68. The molecule has 0 aliphatic carbocycles. The van der Waals surface area contributed by atoms with E-state index in [1.165, 1.54) is 12.3 Å². The fourth-order valence-electron chi connectivity index (χ4n) is 2.21. The zero-order valence-corrected chi connectivity index (χ0v) is 13.5. The van der Waals surface area contributed by atoms with Crippen LogP contribution in [0.5, 0.6) is 0 Å². The summed E-state index contributed by atoms with van der Waals surface area (Å²) >= 11 is 0. The van der Waals surface area contributed by atoms with Crippen LogP contribution in [0.1, 0.15) is 16.8 Å². The van der Waals surface area contributed by atoms with Crippen molar-refractivity contribution < 1.29 is 13.0 Å². The average Bonchev–Trinajstić information content (AvgIpc) is 2.98. The van der Waals surface area contributed by atoms with Gasteiger partial charge >= 0.3 is 0 Å². The molecule has 1 atom stereocenters. The van der Waals surface area contributed by atoms with Crippen molar-refractivity contribution in [3.05, 3.63) is 77.4 Å². The highest BCUT2D eigenvalue weighted by Gasteiger charge is 2.11. The fourth-order valence-corrected chi connectivity index (χ4v) is 3.35. The Morgan fingerprint density at radius 3 is 2.57 bits per heavy atom. The van der Waals surface area contributed by atoms with E-state index < -0.39 is 10.8 Å². The largest absolute Gasteiger partial charge is 0.444 e. The second kappa shape index (κ2) is 6.87. The lowest BCUT2D eigenvalue weighted by atomic mass is 10.1. The molecule has 0 bridgehead atoms. The van der Waals surface area contributed by atoms with Crippen molar-refractivity contribution in [3.63, 3.8) is 0 Å². The molecule has 0 spiro atoms. The summed E-state index contributed by atoms with van der Waals surface area (Å²) in [6, 6.07) is 14.2. The van der Waals surface area contributed by atoms with Crippen LogP contribution in [0, 0.1) is 12.7 Å². The summed E-state index contributed by atoms with van der Waals surface area (Å²) in [7, 11) is -1.24. The van der Waals surface area contributed by atoms with Crippen LogP contribution in [0.2, 0.25) is 0 Å². The number of oxazole rings is 1. The van der Waals surface area contributed by atoms with Gasteiger partial charge in [0.1, 0.15) is 12.1 Å². The van der Waals surface area contributed by atoms with E-state index >= 15 is 0 Å². The lowest BCUT2D eigenvalue weighted by Crippen LogP contribution is -2.01. The maximum absolute atomic E-state index is 13.6. The van der Waals surface area contributed by atoms with Crippen LogP contribution in [-0.2, 0) is 22.3 Å². The number of hydrogen-bond donors (Lipinski definition) is 0. The highest BCUT2D eigenvalue weighted by molar-refractivity contribution is 7.83. The molecule has 3 aromatic rings. The molecule has 0 N–H and O–H groups in total. The van der Waals surface area contributed by atoms with E-state index in [4.69, 9.17) is 4.42 Å². The van der Waals surface area contributed by atoms with Crippen molar-refractivity contribution >= 4 is 10.8 Å². The van der Waals surface area contributed by atoms with Gasteiger partial charge in [0.25, 0.3) is 0 Å². The molecule has 2 aromatic carbocycles. The molecule has 3 rings (SSSR count). The molecule has 0 fully saturated rings. The predicted octanol–water partition coefficient (Wildman–Crippen LogP) is 4.24. The summed E-state index contributed by atoms with van der Waals surface area (Å²) in [5, 5.41) is 0. The zero-order chi connectivity index (χ0) is 16.2. The van der Waals surface area contributed by atoms with Crippen molar-refractivity contribution in [1.82, 2.24) is 4.98 Å². The summed E-state index contributed by atoms with van der Waals surface area (Å²) < 4.78 is 31.2. The summed E-state index contributed by atoms with van der Waals surface area (Å²) in [5.41, 5.74) is 3.09. The van der Waals surface area contributed by atoms with E-state index in [2.05, 4.69) is 4.98 Å². The maximum atomic E-state index is 13.6. The van der Waals surface area contributed by atoms with Gasteiger partial charge in [0, 0.05) is 21.9 Å². The number of benzene rings is 2. The lowest BCUT2D eigenvalue weighted by molar-refractivity contribution is 0.573. The van der Waals surface area contributed by atoms with E-state index in [9.17, 15) is 8.60 Å². The molecule has 118 valence electrons. The zero-order valence-electron chi connectivity index (χ0n) is 12.7. The van der Waals surface area contributed by atoms with Gasteiger partial charge in [-0.1, -0.05) is 35.9 Å². The van der Waals surface area contributed by atoms with Crippen LogP contribution < -0.4 is 0 Å².